The lowest BCUT2D eigenvalue weighted by atomic mass is 10.2. The fourth-order valence-electron chi connectivity index (χ4n) is 1.39. The third kappa shape index (κ3) is 4.74. The Morgan fingerprint density at radius 1 is 1.44 bits per heavy atom. The summed E-state index contributed by atoms with van der Waals surface area (Å²) in [7, 11) is 1.62. The van der Waals surface area contributed by atoms with Gasteiger partial charge in [-0.05, 0) is 19.1 Å². The van der Waals surface area contributed by atoms with E-state index in [2.05, 4.69) is 11.8 Å². The molecule has 0 fully saturated rings. The van der Waals surface area contributed by atoms with Crippen LogP contribution in [-0.2, 0) is 4.74 Å². The van der Waals surface area contributed by atoms with Gasteiger partial charge in [0.05, 0.1) is 11.7 Å². The van der Waals surface area contributed by atoms with Crippen LogP contribution >= 0.6 is 0 Å². The minimum atomic E-state index is -0.376. The van der Waals surface area contributed by atoms with Crippen LogP contribution in [0.15, 0.2) is 18.2 Å². The van der Waals surface area contributed by atoms with Crippen LogP contribution in [0.2, 0.25) is 0 Å². The molecular formula is C14H17FO3. The number of benzene rings is 1. The van der Waals surface area contributed by atoms with Crippen LogP contribution in [0.1, 0.15) is 18.9 Å². The number of hydrogen-bond donors (Lipinski definition) is 1. The molecule has 98 valence electrons. The van der Waals surface area contributed by atoms with E-state index in [1.807, 2.05) is 6.92 Å². The van der Waals surface area contributed by atoms with Gasteiger partial charge in [0.1, 0.15) is 18.2 Å². The quantitative estimate of drug-likeness (QED) is 0.814. The maximum atomic E-state index is 13.2. The fraction of sp³-hybridized carbons (Fsp3) is 0.429. The zero-order valence-electron chi connectivity index (χ0n) is 10.6. The average Bonchev–Trinajstić information content (AvgIpc) is 2.35. The molecule has 0 aliphatic heterocycles. The summed E-state index contributed by atoms with van der Waals surface area (Å²) in [5.74, 6) is 5.26. The topological polar surface area (TPSA) is 38.7 Å². The van der Waals surface area contributed by atoms with Gasteiger partial charge in [-0.1, -0.05) is 11.8 Å². The summed E-state index contributed by atoms with van der Waals surface area (Å²) in [5, 5.41) is 8.67. The highest BCUT2D eigenvalue weighted by atomic mass is 19.1. The van der Waals surface area contributed by atoms with Crippen LogP contribution in [0, 0.1) is 17.7 Å². The Bertz CT molecular complexity index is 434. The Labute approximate surface area is 107 Å². The third-order valence-electron chi connectivity index (χ3n) is 2.30. The third-order valence-corrected chi connectivity index (χ3v) is 2.30. The molecule has 0 amide bonds. The lowest BCUT2D eigenvalue weighted by molar-refractivity contribution is 0.135. The van der Waals surface area contributed by atoms with Gasteiger partial charge < -0.3 is 14.6 Å². The molecule has 18 heavy (non-hydrogen) atoms. The van der Waals surface area contributed by atoms with Crippen LogP contribution in [0.4, 0.5) is 4.39 Å². The normalized spacial score (nSPS) is 11.6. The molecule has 0 aliphatic carbocycles. The van der Waals surface area contributed by atoms with Gasteiger partial charge in [0, 0.05) is 26.2 Å². The van der Waals surface area contributed by atoms with E-state index in [0.717, 1.165) is 0 Å². The van der Waals surface area contributed by atoms with Gasteiger partial charge in [-0.2, -0.15) is 0 Å². The van der Waals surface area contributed by atoms with Gasteiger partial charge in [-0.25, -0.2) is 4.39 Å². The van der Waals surface area contributed by atoms with Crippen LogP contribution in [0.5, 0.6) is 5.75 Å². The Morgan fingerprint density at radius 2 is 2.22 bits per heavy atom. The fourth-order valence-corrected chi connectivity index (χ4v) is 1.39. The van der Waals surface area contributed by atoms with Gasteiger partial charge in [0.2, 0.25) is 0 Å². The zero-order valence-corrected chi connectivity index (χ0v) is 10.6. The van der Waals surface area contributed by atoms with Crippen molar-refractivity contribution in [1.82, 2.24) is 0 Å². The van der Waals surface area contributed by atoms with E-state index in [1.165, 1.54) is 18.2 Å². The van der Waals surface area contributed by atoms with E-state index in [9.17, 15) is 4.39 Å². The van der Waals surface area contributed by atoms with Gasteiger partial charge >= 0.3 is 0 Å². The van der Waals surface area contributed by atoms with Gasteiger partial charge in [0.25, 0.3) is 0 Å². The second-order valence-corrected chi connectivity index (χ2v) is 3.81. The molecule has 1 N–H and O–H groups in total. The first-order valence-electron chi connectivity index (χ1n) is 5.72. The Hall–Kier alpha value is -1.57. The Kier molecular flexibility index (Phi) is 6.20. The van der Waals surface area contributed by atoms with E-state index in [1.54, 1.807) is 7.11 Å². The number of aliphatic hydroxyl groups excluding tert-OH is 1. The molecule has 0 aliphatic rings. The highest BCUT2D eigenvalue weighted by Crippen LogP contribution is 2.21. The summed E-state index contributed by atoms with van der Waals surface area (Å²) in [6.45, 7) is 2.22. The molecule has 0 heterocycles. The van der Waals surface area contributed by atoms with Crippen molar-refractivity contribution < 1.29 is 19.0 Å². The molecule has 1 unspecified atom stereocenters. The Balaban J connectivity index is 2.81. The van der Waals surface area contributed by atoms with Crippen molar-refractivity contribution in [3.63, 3.8) is 0 Å². The minimum absolute atomic E-state index is 0.0959. The first kappa shape index (κ1) is 14.5. The summed E-state index contributed by atoms with van der Waals surface area (Å²) in [5.41, 5.74) is 0.565. The molecule has 0 spiro atoms. The SMILES string of the molecule is COCCC(C)Oc1cc(F)ccc1C#CCO. The predicted octanol–water partition coefficient (Wildman–Crippen LogP) is 1.97. The molecule has 0 saturated carbocycles. The van der Waals surface area contributed by atoms with Crippen molar-refractivity contribution in [2.24, 2.45) is 0 Å². The smallest absolute Gasteiger partial charge is 0.138 e. The number of methoxy groups -OCH3 is 1. The molecule has 0 bridgehead atoms. The van der Waals surface area contributed by atoms with Crippen LogP contribution in [0.25, 0.3) is 0 Å². The molecule has 1 atom stereocenters. The summed E-state index contributed by atoms with van der Waals surface area (Å²) >= 11 is 0. The van der Waals surface area contributed by atoms with Crippen LogP contribution < -0.4 is 4.74 Å². The zero-order chi connectivity index (χ0) is 13.4. The molecule has 0 aromatic heterocycles. The number of halogens is 1. The van der Waals surface area contributed by atoms with E-state index in [0.29, 0.717) is 24.3 Å². The highest BCUT2D eigenvalue weighted by molar-refractivity contribution is 5.46. The lowest BCUT2D eigenvalue weighted by Gasteiger charge is -2.15. The highest BCUT2D eigenvalue weighted by Gasteiger charge is 2.08. The standard InChI is InChI=1S/C14H17FO3/c1-11(7-9-17-2)18-14-10-13(15)6-5-12(14)4-3-8-16/h5-6,10-11,16H,7-9H2,1-2H3. The number of hydrogen-bond acceptors (Lipinski definition) is 3. The van der Waals surface area contributed by atoms with Crippen molar-refractivity contribution in [2.45, 2.75) is 19.4 Å². The lowest BCUT2D eigenvalue weighted by Crippen LogP contribution is -2.15. The van der Waals surface area contributed by atoms with Crippen molar-refractivity contribution in [2.75, 3.05) is 20.3 Å². The van der Waals surface area contributed by atoms with Crippen LogP contribution in [0.3, 0.4) is 0 Å². The van der Waals surface area contributed by atoms with E-state index in [4.69, 9.17) is 14.6 Å². The average molecular weight is 252 g/mol. The van der Waals surface area contributed by atoms with E-state index in [-0.39, 0.29) is 18.5 Å². The molecule has 3 nitrogen and oxygen atoms in total. The Morgan fingerprint density at radius 3 is 2.89 bits per heavy atom. The predicted molar refractivity (Wildman–Crippen MR) is 66.9 cm³/mol. The molecule has 1 aromatic carbocycles. The second-order valence-electron chi connectivity index (χ2n) is 3.81. The first-order chi connectivity index (χ1) is 8.67. The number of aliphatic hydroxyl groups is 1. The summed E-state index contributed by atoms with van der Waals surface area (Å²) in [6.07, 6.45) is 0.612. The van der Waals surface area contributed by atoms with Gasteiger partial charge in [-0.3, -0.25) is 0 Å². The maximum Gasteiger partial charge on any atom is 0.138 e. The van der Waals surface area contributed by atoms with Crippen molar-refractivity contribution in [3.05, 3.63) is 29.6 Å². The molecule has 0 radical (unpaired) electrons. The molecule has 1 rings (SSSR count). The maximum absolute atomic E-state index is 13.2. The van der Waals surface area contributed by atoms with E-state index < -0.39 is 0 Å². The minimum Gasteiger partial charge on any atom is -0.489 e. The van der Waals surface area contributed by atoms with E-state index >= 15 is 0 Å². The number of rotatable bonds is 5. The summed E-state index contributed by atoms with van der Waals surface area (Å²) in [6, 6.07) is 4.15. The first-order valence-corrected chi connectivity index (χ1v) is 5.72. The summed E-state index contributed by atoms with van der Waals surface area (Å²) in [4.78, 5) is 0. The van der Waals surface area contributed by atoms with Crippen molar-refractivity contribution in [1.29, 1.82) is 0 Å². The van der Waals surface area contributed by atoms with Crippen LogP contribution in [-0.4, -0.2) is 31.5 Å². The largest absolute Gasteiger partial charge is 0.489 e. The monoisotopic (exact) mass is 252 g/mol. The number of ether oxygens (including phenoxy) is 2. The summed E-state index contributed by atoms with van der Waals surface area (Å²) < 4.78 is 23.7. The van der Waals surface area contributed by atoms with Crippen molar-refractivity contribution >= 4 is 0 Å². The molecular weight excluding hydrogens is 235 g/mol. The second kappa shape index (κ2) is 7.70. The molecule has 0 saturated heterocycles. The van der Waals surface area contributed by atoms with Gasteiger partial charge in [-0.15, -0.1) is 0 Å². The van der Waals surface area contributed by atoms with Gasteiger partial charge in [0.15, 0.2) is 0 Å². The molecule has 1 aromatic rings. The molecule has 4 heteroatoms. The van der Waals surface area contributed by atoms with Crippen molar-refractivity contribution in [3.8, 4) is 17.6 Å².